The van der Waals surface area contributed by atoms with Crippen molar-refractivity contribution in [1.29, 1.82) is 0 Å². The number of Topliss-reactive ketones (excluding diaryl/α,β-unsaturated/α-hetero) is 1. The molecule has 0 amide bonds. The highest BCUT2D eigenvalue weighted by Crippen LogP contribution is 2.20. The summed E-state index contributed by atoms with van der Waals surface area (Å²) in [7, 11) is 0. The van der Waals surface area contributed by atoms with Crippen LogP contribution in [-0.4, -0.2) is 30.1 Å². The van der Waals surface area contributed by atoms with Gasteiger partial charge in [-0.3, -0.25) is 4.79 Å². The van der Waals surface area contributed by atoms with Crippen LogP contribution in [0.5, 0.6) is 0 Å². The Balaban J connectivity index is 1.75. The van der Waals surface area contributed by atoms with Crippen molar-refractivity contribution < 1.29 is 9.32 Å². The number of nitrogens with zero attached hydrogens (tertiary/aromatic N) is 5. The summed E-state index contributed by atoms with van der Waals surface area (Å²) in [6, 6.07) is 10.6. The van der Waals surface area contributed by atoms with Crippen LogP contribution in [0.2, 0.25) is 0 Å². The molecule has 8 nitrogen and oxygen atoms in total. The largest absolute Gasteiger partial charge is 0.350 e. The van der Waals surface area contributed by atoms with Crippen molar-refractivity contribution in [2.45, 2.75) is 20.4 Å². The van der Waals surface area contributed by atoms with E-state index >= 15 is 0 Å². The maximum Gasteiger partial charge on any atom is 0.350 e. The molecule has 26 heavy (non-hydrogen) atoms. The monoisotopic (exact) mass is 349 g/mol. The number of pyridine rings is 1. The standard InChI is InChI=1S/C18H15N5O3/c1-11-5-7-13(8-6-11)15(24)10-23-18(25)22-9-3-4-14(16(22)20-23)17-19-12(2)21-26-17/h3-9H,10H2,1-2H3. The Hall–Kier alpha value is -3.55. The van der Waals surface area contributed by atoms with Gasteiger partial charge in [-0.15, -0.1) is 5.10 Å². The van der Waals surface area contributed by atoms with Crippen molar-refractivity contribution in [1.82, 2.24) is 24.3 Å². The third kappa shape index (κ3) is 2.71. The van der Waals surface area contributed by atoms with Crippen LogP contribution in [-0.2, 0) is 6.54 Å². The molecule has 3 aromatic heterocycles. The number of benzene rings is 1. The second-order valence-electron chi connectivity index (χ2n) is 5.99. The molecule has 0 fully saturated rings. The number of rotatable bonds is 4. The Morgan fingerprint density at radius 2 is 1.92 bits per heavy atom. The molecule has 0 saturated carbocycles. The van der Waals surface area contributed by atoms with Gasteiger partial charge >= 0.3 is 5.69 Å². The minimum Gasteiger partial charge on any atom is -0.334 e. The average Bonchev–Trinajstić information content (AvgIpc) is 3.20. The summed E-state index contributed by atoms with van der Waals surface area (Å²) < 4.78 is 7.68. The topological polar surface area (TPSA) is 95.3 Å². The van der Waals surface area contributed by atoms with E-state index in [0.717, 1.165) is 10.2 Å². The van der Waals surface area contributed by atoms with Crippen molar-refractivity contribution in [3.8, 4) is 11.5 Å². The Kier molecular flexibility index (Phi) is 3.72. The first kappa shape index (κ1) is 15.9. The highest BCUT2D eigenvalue weighted by Gasteiger charge is 2.17. The van der Waals surface area contributed by atoms with Gasteiger partial charge in [-0.25, -0.2) is 13.9 Å². The SMILES string of the molecule is Cc1ccc(C(=O)Cn2nc3c(-c4nc(C)no4)cccn3c2=O)cc1. The van der Waals surface area contributed by atoms with Gasteiger partial charge in [0.05, 0.1) is 5.56 Å². The second-order valence-corrected chi connectivity index (χ2v) is 5.99. The lowest BCUT2D eigenvalue weighted by Crippen LogP contribution is -2.25. The van der Waals surface area contributed by atoms with E-state index in [2.05, 4.69) is 15.2 Å². The molecule has 0 unspecified atom stereocenters. The van der Waals surface area contributed by atoms with Crippen molar-refractivity contribution in [3.63, 3.8) is 0 Å². The van der Waals surface area contributed by atoms with Crippen LogP contribution in [0.25, 0.3) is 17.1 Å². The molecule has 3 heterocycles. The zero-order valence-electron chi connectivity index (χ0n) is 14.2. The van der Waals surface area contributed by atoms with Gasteiger partial charge in [0.15, 0.2) is 17.3 Å². The van der Waals surface area contributed by atoms with Crippen LogP contribution in [0, 0.1) is 13.8 Å². The molecule has 0 aliphatic rings. The summed E-state index contributed by atoms with van der Waals surface area (Å²) >= 11 is 0. The molecular formula is C18H15N5O3. The van der Waals surface area contributed by atoms with Crippen LogP contribution in [0.15, 0.2) is 51.9 Å². The highest BCUT2D eigenvalue weighted by atomic mass is 16.5. The van der Waals surface area contributed by atoms with E-state index < -0.39 is 5.69 Å². The van der Waals surface area contributed by atoms with E-state index in [-0.39, 0.29) is 18.2 Å². The number of ketones is 1. The summed E-state index contributed by atoms with van der Waals surface area (Å²) in [5.41, 5.74) is 2.08. The van der Waals surface area contributed by atoms with E-state index in [1.807, 2.05) is 19.1 Å². The molecule has 0 saturated heterocycles. The van der Waals surface area contributed by atoms with Gasteiger partial charge in [-0.2, -0.15) is 4.98 Å². The maximum atomic E-state index is 12.6. The number of carbonyl (C=O) groups excluding carboxylic acids is 1. The van der Waals surface area contributed by atoms with E-state index in [9.17, 15) is 9.59 Å². The molecule has 8 heteroatoms. The normalized spacial score (nSPS) is 11.2. The highest BCUT2D eigenvalue weighted by molar-refractivity contribution is 5.95. The number of carbonyl (C=O) groups is 1. The molecule has 0 aliphatic carbocycles. The second kappa shape index (κ2) is 6.07. The minimum absolute atomic E-state index is 0.147. The number of aryl methyl sites for hydroxylation is 2. The summed E-state index contributed by atoms with van der Waals surface area (Å²) in [5.74, 6) is 0.569. The van der Waals surface area contributed by atoms with Crippen molar-refractivity contribution in [3.05, 3.63) is 70.0 Å². The van der Waals surface area contributed by atoms with Gasteiger partial charge in [-0.05, 0) is 26.0 Å². The Labute approximate surface area is 147 Å². The fourth-order valence-electron chi connectivity index (χ4n) is 2.68. The van der Waals surface area contributed by atoms with Gasteiger partial charge in [0, 0.05) is 11.8 Å². The van der Waals surface area contributed by atoms with Gasteiger partial charge < -0.3 is 4.52 Å². The van der Waals surface area contributed by atoms with Crippen molar-refractivity contribution >= 4 is 11.4 Å². The van der Waals surface area contributed by atoms with Crippen LogP contribution in [0.3, 0.4) is 0 Å². The number of fused-ring (bicyclic) bond motifs is 1. The van der Waals surface area contributed by atoms with Gasteiger partial charge in [0.25, 0.3) is 5.89 Å². The fraction of sp³-hybridized carbons (Fsp3) is 0.167. The molecular weight excluding hydrogens is 334 g/mol. The van der Waals surface area contributed by atoms with Crippen LogP contribution in [0.1, 0.15) is 21.7 Å². The molecule has 0 atom stereocenters. The van der Waals surface area contributed by atoms with Crippen molar-refractivity contribution in [2.75, 3.05) is 0 Å². The minimum atomic E-state index is -0.404. The van der Waals surface area contributed by atoms with E-state index in [0.29, 0.717) is 22.6 Å². The number of hydrogen-bond donors (Lipinski definition) is 0. The van der Waals surface area contributed by atoms with Crippen LogP contribution in [0.4, 0.5) is 0 Å². The lowest BCUT2D eigenvalue weighted by atomic mass is 10.1. The van der Waals surface area contributed by atoms with Gasteiger partial charge in [-0.1, -0.05) is 35.0 Å². The molecule has 0 spiro atoms. The fourth-order valence-corrected chi connectivity index (χ4v) is 2.68. The van der Waals surface area contributed by atoms with Gasteiger partial charge in [0.2, 0.25) is 0 Å². The van der Waals surface area contributed by atoms with Crippen molar-refractivity contribution in [2.24, 2.45) is 0 Å². The Bertz CT molecular complexity index is 1170. The molecule has 0 N–H and O–H groups in total. The predicted molar refractivity (Wildman–Crippen MR) is 93.0 cm³/mol. The first-order valence-electron chi connectivity index (χ1n) is 8.01. The van der Waals surface area contributed by atoms with E-state index in [1.54, 1.807) is 37.4 Å². The lowest BCUT2D eigenvalue weighted by Gasteiger charge is -2.00. The molecule has 4 aromatic rings. The molecule has 0 bridgehead atoms. The molecule has 1 aromatic carbocycles. The van der Waals surface area contributed by atoms with Gasteiger partial charge in [0.1, 0.15) is 6.54 Å². The Morgan fingerprint density at radius 3 is 2.62 bits per heavy atom. The maximum absolute atomic E-state index is 12.6. The van der Waals surface area contributed by atoms with E-state index in [4.69, 9.17) is 4.52 Å². The smallest absolute Gasteiger partial charge is 0.334 e. The summed E-state index contributed by atoms with van der Waals surface area (Å²) in [6.07, 6.45) is 1.59. The molecule has 0 radical (unpaired) electrons. The zero-order chi connectivity index (χ0) is 18.3. The molecule has 0 aliphatic heterocycles. The lowest BCUT2D eigenvalue weighted by molar-refractivity contribution is 0.0966. The quantitative estimate of drug-likeness (QED) is 0.523. The average molecular weight is 349 g/mol. The molecule has 4 rings (SSSR count). The zero-order valence-corrected chi connectivity index (χ0v) is 14.2. The summed E-state index contributed by atoms with van der Waals surface area (Å²) in [5, 5.41) is 8.06. The first-order chi connectivity index (χ1) is 12.5. The number of hydrogen-bond acceptors (Lipinski definition) is 6. The third-order valence-electron chi connectivity index (χ3n) is 4.03. The van der Waals surface area contributed by atoms with E-state index in [1.165, 1.54) is 4.40 Å². The first-order valence-corrected chi connectivity index (χ1v) is 8.01. The summed E-state index contributed by atoms with van der Waals surface area (Å²) in [4.78, 5) is 29.2. The van der Waals surface area contributed by atoms with Crippen LogP contribution >= 0.6 is 0 Å². The summed E-state index contributed by atoms with van der Waals surface area (Å²) in [6.45, 7) is 3.51. The molecule has 130 valence electrons. The van der Waals surface area contributed by atoms with Crippen LogP contribution < -0.4 is 5.69 Å². The number of aromatic nitrogens is 5. The third-order valence-corrected chi connectivity index (χ3v) is 4.03. The predicted octanol–water partition coefficient (Wildman–Crippen LogP) is 2.05. The Morgan fingerprint density at radius 1 is 1.15 bits per heavy atom.